The van der Waals surface area contributed by atoms with Crippen LogP contribution in [0.3, 0.4) is 0 Å². The van der Waals surface area contributed by atoms with Gasteiger partial charge < -0.3 is 20.4 Å². The van der Waals surface area contributed by atoms with E-state index in [0.717, 1.165) is 12.1 Å². The maximum absolute atomic E-state index is 12.5. The fourth-order valence-corrected chi connectivity index (χ4v) is 3.53. The Morgan fingerprint density at radius 3 is 2.48 bits per heavy atom. The molecule has 2 aromatic rings. The molecule has 1 aliphatic carbocycles. The van der Waals surface area contributed by atoms with Crippen molar-refractivity contribution in [3.8, 4) is 0 Å². The Morgan fingerprint density at radius 1 is 1.03 bits per heavy atom. The lowest BCUT2D eigenvalue weighted by Crippen LogP contribution is -2.36. The summed E-state index contributed by atoms with van der Waals surface area (Å²) in [6.45, 7) is 3.23. The molecule has 7 heteroatoms. The van der Waals surface area contributed by atoms with Gasteiger partial charge in [-0.05, 0) is 49.6 Å². The number of rotatable bonds is 7. The number of halogens is 1. The van der Waals surface area contributed by atoms with E-state index in [2.05, 4.69) is 16.0 Å². The summed E-state index contributed by atoms with van der Waals surface area (Å²) in [7, 11) is 0. The first-order valence-electron chi connectivity index (χ1n) is 10.1. The van der Waals surface area contributed by atoms with E-state index in [1.165, 1.54) is 44.8 Å². The molecule has 0 atom stereocenters. The number of hydrogen-bond donors (Lipinski definition) is 3. The molecule has 1 heterocycles. The molecule has 0 spiro atoms. The van der Waals surface area contributed by atoms with Crippen LogP contribution in [-0.2, 0) is 0 Å². The van der Waals surface area contributed by atoms with Crippen LogP contribution in [0.1, 0.15) is 65.0 Å². The van der Waals surface area contributed by atoms with Crippen molar-refractivity contribution >= 4 is 29.9 Å². The normalized spacial score (nSPS) is 14.5. The number of aryl methyl sites for hydroxylation is 1. The largest absolute Gasteiger partial charge is 0.459 e. The number of carbonyl (C=O) groups excluding carboxylic acids is 2. The van der Waals surface area contributed by atoms with Crippen molar-refractivity contribution in [3.05, 3.63) is 53.5 Å². The lowest BCUT2D eigenvalue weighted by Gasteiger charge is -2.16. The van der Waals surface area contributed by atoms with Crippen LogP contribution < -0.4 is 16.0 Å². The van der Waals surface area contributed by atoms with E-state index < -0.39 is 0 Å². The van der Waals surface area contributed by atoms with Crippen molar-refractivity contribution in [2.45, 2.75) is 51.5 Å². The molecule has 1 fully saturated rings. The quantitative estimate of drug-likeness (QED) is 0.461. The van der Waals surface area contributed by atoms with E-state index in [9.17, 15) is 9.59 Å². The molecular formula is C22H30ClN3O3. The summed E-state index contributed by atoms with van der Waals surface area (Å²) in [5.74, 6) is -0.242. The third kappa shape index (κ3) is 6.91. The Hall–Kier alpha value is -2.31. The summed E-state index contributed by atoms with van der Waals surface area (Å²) in [6.07, 6.45) is 9.16. The number of carbonyl (C=O) groups is 2. The second-order valence-electron chi connectivity index (χ2n) is 7.36. The summed E-state index contributed by atoms with van der Waals surface area (Å²) in [6, 6.07) is 9.13. The fraction of sp³-hybridized carbons (Fsp3) is 0.455. The third-order valence-electron chi connectivity index (χ3n) is 5.19. The zero-order chi connectivity index (χ0) is 19.8. The molecule has 29 heavy (non-hydrogen) atoms. The van der Waals surface area contributed by atoms with Gasteiger partial charge in [-0.2, -0.15) is 0 Å². The second kappa shape index (κ2) is 11.6. The summed E-state index contributed by atoms with van der Waals surface area (Å²) in [5.41, 5.74) is 2.01. The zero-order valence-electron chi connectivity index (χ0n) is 16.8. The molecule has 3 N–H and O–H groups in total. The minimum atomic E-state index is -0.335. The average Bonchev–Trinajstić information content (AvgIpc) is 3.11. The minimum Gasteiger partial charge on any atom is -0.459 e. The van der Waals surface area contributed by atoms with Gasteiger partial charge in [-0.3, -0.25) is 9.59 Å². The molecule has 0 unspecified atom stereocenters. The highest BCUT2D eigenvalue weighted by Crippen LogP contribution is 2.19. The molecule has 2 amide bonds. The molecule has 3 rings (SSSR count). The van der Waals surface area contributed by atoms with E-state index in [1.807, 2.05) is 13.0 Å². The van der Waals surface area contributed by atoms with Crippen molar-refractivity contribution in [3.63, 3.8) is 0 Å². The summed E-state index contributed by atoms with van der Waals surface area (Å²) in [5, 5.41) is 9.30. The standard InChI is InChI=1S/C22H29N3O3.ClH/c1-16-10-11-17(15-19(16)25-22(27)20-9-6-14-28-20)21(26)24-13-12-23-18-7-4-2-3-5-8-18;/h6,9-11,14-15,18,23H,2-5,7-8,12-13H2,1H3,(H,24,26)(H,25,27);1H. The number of hydrogen-bond acceptors (Lipinski definition) is 4. The van der Waals surface area contributed by atoms with E-state index >= 15 is 0 Å². The molecule has 6 nitrogen and oxygen atoms in total. The topological polar surface area (TPSA) is 83.4 Å². The molecule has 0 radical (unpaired) electrons. The van der Waals surface area contributed by atoms with Gasteiger partial charge in [0.25, 0.3) is 11.8 Å². The number of amides is 2. The van der Waals surface area contributed by atoms with Gasteiger partial charge in [-0.25, -0.2) is 0 Å². The van der Waals surface area contributed by atoms with Crippen LogP contribution in [-0.4, -0.2) is 30.9 Å². The molecule has 0 saturated heterocycles. The van der Waals surface area contributed by atoms with Gasteiger partial charge in [-0.1, -0.05) is 31.7 Å². The van der Waals surface area contributed by atoms with Gasteiger partial charge in [-0.15, -0.1) is 12.4 Å². The Bertz CT molecular complexity index is 785. The average molecular weight is 420 g/mol. The highest BCUT2D eigenvalue weighted by Gasteiger charge is 2.14. The first-order valence-corrected chi connectivity index (χ1v) is 10.1. The summed E-state index contributed by atoms with van der Waals surface area (Å²) in [4.78, 5) is 24.6. The molecule has 0 bridgehead atoms. The van der Waals surface area contributed by atoms with Crippen LogP contribution >= 0.6 is 12.4 Å². The van der Waals surface area contributed by atoms with Crippen molar-refractivity contribution in [2.24, 2.45) is 0 Å². The van der Waals surface area contributed by atoms with Gasteiger partial charge in [0.15, 0.2) is 5.76 Å². The van der Waals surface area contributed by atoms with Crippen LogP contribution in [0.25, 0.3) is 0 Å². The van der Waals surface area contributed by atoms with Gasteiger partial charge in [0.1, 0.15) is 0 Å². The van der Waals surface area contributed by atoms with Crippen LogP contribution in [0.2, 0.25) is 0 Å². The van der Waals surface area contributed by atoms with Gasteiger partial charge in [0.2, 0.25) is 0 Å². The van der Waals surface area contributed by atoms with Crippen molar-refractivity contribution in [2.75, 3.05) is 18.4 Å². The van der Waals surface area contributed by atoms with Gasteiger partial charge in [0.05, 0.1) is 6.26 Å². The maximum Gasteiger partial charge on any atom is 0.291 e. The Kier molecular flexibility index (Phi) is 9.22. The molecule has 0 aliphatic heterocycles. The van der Waals surface area contributed by atoms with Crippen molar-refractivity contribution in [1.82, 2.24) is 10.6 Å². The number of anilines is 1. The van der Waals surface area contributed by atoms with Crippen LogP contribution in [0, 0.1) is 6.92 Å². The van der Waals surface area contributed by atoms with Gasteiger partial charge in [0, 0.05) is 30.4 Å². The highest BCUT2D eigenvalue weighted by atomic mass is 35.5. The van der Waals surface area contributed by atoms with E-state index in [1.54, 1.807) is 24.3 Å². The Balaban J connectivity index is 0.00000300. The summed E-state index contributed by atoms with van der Waals surface area (Å²) >= 11 is 0. The van der Waals surface area contributed by atoms with E-state index in [-0.39, 0.29) is 30.0 Å². The smallest absolute Gasteiger partial charge is 0.291 e. The zero-order valence-corrected chi connectivity index (χ0v) is 17.6. The van der Waals surface area contributed by atoms with Crippen LogP contribution in [0.15, 0.2) is 41.0 Å². The fourth-order valence-electron chi connectivity index (χ4n) is 3.53. The maximum atomic E-state index is 12.5. The monoisotopic (exact) mass is 419 g/mol. The third-order valence-corrected chi connectivity index (χ3v) is 5.19. The van der Waals surface area contributed by atoms with Gasteiger partial charge >= 0.3 is 0 Å². The molecular weight excluding hydrogens is 390 g/mol. The molecule has 1 aromatic carbocycles. The predicted octanol–water partition coefficient (Wildman–Crippen LogP) is 4.30. The number of nitrogens with one attached hydrogen (secondary N) is 3. The second-order valence-corrected chi connectivity index (χ2v) is 7.36. The van der Waals surface area contributed by atoms with Crippen LogP contribution in [0.5, 0.6) is 0 Å². The lowest BCUT2D eigenvalue weighted by molar-refractivity contribution is 0.0951. The number of benzene rings is 1. The number of furan rings is 1. The van der Waals surface area contributed by atoms with Crippen molar-refractivity contribution < 1.29 is 14.0 Å². The Labute approximate surface area is 178 Å². The molecule has 1 saturated carbocycles. The SMILES string of the molecule is Cc1ccc(C(=O)NCCNC2CCCCCC2)cc1NC(=O)c1ccco1.Cl. The molecule has 1 aliphatic rings. The molecule has 1 aromatic heterocycles. The molecule has 158 valence electrons. The Morgan fingerprint density at radius 2 is 1.79 bits per heavy atom. The first kappa shape index (κ1) is 23.0. The van der Waals surface area contributed by atoms with E-state index in [4.69, 9.17) is 4.42 Å². The first-order chi connectivity index (χ1) is 13.6. The minimum absolute atomic E-state index is 0. The predicted molar refractivity (Wildman–Crippen MR) is 117 cm³/mol. The summed E-state index contributed by atoms with van der Waals surface area (Å²) < 4.78 is 5.11. The van der Waals surface area contributed by atoms with E-state index in [0.29, 0.717) is 23.8 Å². The van der Waals surface area contributed by atoms with Crippen molar-refractivity contribution in [1.29, 1.82) is 0 Å². The lowest BCUT2D eigenvalue weighted by atomic mass is 10.1. The van der Waals surface area contributed by atoms with Crippen LogP contribution in [0.4, 0.5) is 5.69 Å². The highest BCUT2D eigenvalue weighted by molar-refractivity contribution is 6.03.